The molecule has 2 aliphatic heterocycles. The summed E-state index contributed by atoms with van der Waals surface area (Å²) in [6.45, 7) is 12.1. The molecule has 1 unspecified atom stereocenters. The fraction of sp³-hybridized carbons (Fsp3) is 0.923. The van der Waals surface area contributed by atoms with Crippen LogP contribution in [0.4, 0.5) is 0 Å². The summed E-state index contributed by atoms with van der Waals surface area (Å²) in [4.78, 5) is 9.28. The van der Waals surface area contributed by atoms with Crippen LogP contribution in [0, 0.1) is 0 Å². The normalized spacial score (nSPS) is 27.8. The van der Waals surface area contributed by atoms with E-state index in [-0.39, 0.29) is 5.54 Å². The number of nitrogens with two attached hydrogens (primary N) is 1. The van der Waals surface area contributed by atoms with Gasteiger partial charge in [-0.3, -0.25) is 4.90 Å². The van der Waals surface area contributed by atoms with Gasteiger partial charge in [0, 0.05) is 32.2 Å². The van der Waals surface area contributed by atoms with Crippen molar-refractivity contribution in [1.29, 1.82) is 0 Å². The number of hydrogen-bond acceptors (Lipinski definition) is 3. The Morgan fingerprint density at radius 2 is 1.89 bits per heavy atom. The molecule has 0 amide bonds. The maximum absolute atomic E-state index is 6.09. The number of guanidine groups is 1. The maximum atomic E-state index is 6.09. The van der Waals surface area contributed by atoms with E-state index >= 15 is 0 Å². The van der Waals surface area contributed by atoms with E-state index in [0.29, 0.717) is 12.0 Å². The summed E-state index contributed by atoms with van der Waals surface area (Å²) in [5.74, 6) is 0.693. The number of nitrogens with zero attached hydrogens (tertiary/aromatic N) is 3. The molecule has 5 nitrogen and oxygen atoms in total. The first kappa shape index (κ1) is 13.6. The number of likely N-dealkylation sites (tertiary alicyclic amines) is 1. The summed E-state index contributed by atoms with van der Waals surface area (Å²) in [5, 5.41) is 0. The highest BCUT2D eigenvalue weighted by atomic mass is 16.5. The molecular formula is C13H26N4O. The monoisotopic (exact) mass is 254 g/mol. The van der Waals surface area contributed by atoms with Gasteiger partial charge in [-0.15, -0.1) is 0 Å². The summed E-state index contributed by atoms with van der Waals surface area (Å²) in [6.07, 6.45) is 1.18. The zero-order valence-corrected chi connectivity index (χ0v) is 11.9. The lowest BCUT2D eigenvalue weighted by molar-refractivity contribution is 0.0195. The van der Waals surface area contributed by atoms with Gasteiger partial charge in [-0.05, 0) is 27.2 Å². The third-order valence-electron chi connectivity index (χ3n) is 3.50. The molecule has 18 heavy (non-hydrogen) atoms. The number of aliphatic imine (C=N–C) groups is 1. The highest BCUT2D eigenvalue weighted by molar-refractivity contribution is 5.78. The SMILES string of the molecule is CC(C)(C)N=C(N)N1CCC(N2CCOCC2)C1. The number of rotatable bonds is 1. The lowest BCUT2D eigenvalue weighted by Gasteiger charge is -2.32. The molecule has 0 aromatic carbocycles. The van der Waals surface area contributed by atoms with E-state index in [4.69, 9.17) is 10.5 Å². The van der Waals surface area contributed by atoms with Crippen molar-refractivity contribution in [3.63, 3.8) is 0 Å². The molecule has 1 atom stereocenters. The summed E-state index contributed by atoms with van der Waals surface area (Å²) >= 11 is 0. The Bertz CT molecular complexity index is 305. The quantitative estimate of drug-likeness (QED) is 0.547. The molecule has 0 aliphatic carbocycles. The van der Waals surface area contributed by atoms with E-state index in [1.54, 1.807) is 0 Å². The zero-order chi connectivity index (χ0) is 13.2. The van der Waals surface area contributed by atoms with E-state index in [0.717, 1.165) is 39.4 Å². The molecule has 104 valence electrons. The second-order valence-electron chi connectivity index (χ2n) is 6.18. The predicted molar refractivity (Wildman–Crippen MR) is 73.7 cm³/mol. The van der Waals surface area contributed by atoms with Gasteiger partial charge >= 0.3 is 0 Å². The predicted octanol–water partition coefficient (Wildman–Crippen LogP) is 0.506. The Kier molecular flexibility index (Phi) is 4.12. The van der Waals surface area contributed by atoms with Gasteiger partial charge in [0.2, 0.25) is 0 Å². The molecular weight excluding hydrogens is 228 g/mol. The third-order valence-corrected chi connectivity index (χ3v) is 3.50. The van der Waals surface area contributed by atoms with E-state index in [2.05, 4.69) is 35.6 Å². The van der Waals surface area contributed by atoms with Gasteiger partial charge in [-0.25, -0.2) is 4.99 Å². The smallest absolute Gasteiger partial charge is 0.191 e. The van der Waals surface area contributed by atoms with Crippen molar-refractivity contribution in [2.24, 2.45) is 10.7 Å². The Labute approximate surface area is 110 Å². The zero-order valence-electron chi connectivity index (χ0n) is 11.9. The fourth-order valence-corrected chi connectivity index (χ4v) is 2.60. The van der Waals surface area contributed by atoms with Crippen molar-refractivity contribution >= 4 is 5.96 Å². The van der Waals surface area contributed by atoms with Crippen molar-refractivity contribution in [2.45, 2.75) is 38.8 Å². The van der Waals surface area contributed by atoms with Crippen molar-refractivity contribution in [2.75, 3.05) is 39.4 Å². The molecule has 0 aromatic rings. The maximum Gasteiger partial charge on any atom is 0.191 e. The van der Waals surface area contributed by atoms with Crippen LogP contribution in [0.2, 0.25) is 0 Å². The number of ether oxygens (including phenoxy) is 1. The molecule has 0 spiro atoms. The van der Waals surface area contributed by atoms with Gasteiger partial charge < -0.3 is 15.4 Å². The van der Waals surface area contributed by atoms with Crippen LogP contribution in [-0.2, 0) is 4.74 Å². The van der Waals surface area contributed by atoms with Crippen molar-refractivity contribution in [3.05, 3.63) is 0 Å². The van der Waals surface area contributed by atoms with Crippen molar-refractivity contribution in [3.8, 4) is 0 Å². The molecule has 0 bridgehead atoms. The first-order valence-electron chi connectivity index (χ1n) is 6.88. The molecule has 2 heterocycles. The van der Waals surface area contributed by atoms with Gasteiger partial charge in [0.25, 0.3) is 0 Å². The largest absolute Gasteiger partial charge is 0.379 e. The molecule has 2 aliphatic rings. The average molecular weight is 254 g/mol. The van der Waals surface area contributed by atoms with Crippen LogP contribution in [0.5, 0.6) is 0 Å². The van der Waals surface area contributed by atoms with Crippen LogP contribution in [-0.4, -0.2) is 66.7 Å². The molecule has 0 radical (unpaired) electrons. The highest BCUT2D eigenvalue weighted by Crippen LogP contribution is 2.17. The second kappa shape index (κ2) is 5.45. The number of hydrogen-bond donors (Lipinski definition) is 1. The average Bonchev–Trinajstić information content (AvgIpc) is 2.77. The summed E-state index contributed by atoms with van der Waals surface area (Å²) in [5.41, 5.74) is 5.99. The standard InChI is InChI=1S/C13H26N4O/c1-13(2,3)15-12(14)17-5-4-11(10-17)16-6-8-18-9-7-16/h11H,4-10H2,1-3H3,(H2,14,15). The van der Waals surface area contributed by atoms with Crippen LogP contribution in [0.3, 0.4) is 0 Å². The van der Waals surface area contributed by atoms with Gasteiger partial charge in [-0.2, -0.15) is 0 Å². The lowest BCUT2D eigenvalue weighted by Crippen LogP contribution is -2.46. The molecule has 2 saturated heterocycles. The Morgan fingerprint density at radius 1 is 1.22 bits per heavy atom. The van der Waals surface area contributed by atoms with E-state index in [1.807, 2.05) is 0 Å². The van der Waals surface area contributed by atoms with Gasteiger partial charge in [0.15, 0.2) is 5.96 Å². The fourth-order valence-electron chi connectivity index (χ4n) is 2.60. The van der Waals surface area contributed by atoms with Gasteiger partial charge in [-0.1, -0.05) is 0 Å². The molecule has 2 fully saturated rings. The van der Waals surface area contributed by atoms with Crippen LogP contribution < -0.4 is 5.73 Å². The summed E-state index contributed by atoms with van der Waals surface area (Å²) < 4.78 is 5.40. The van der Waals surface area contributed by atoms with Crippen LogP contribution in [0.25, 0.3) is 0 Å². The highest BCUT2D eigenvalue weighted by Gasteiger charge is 2.29. The minimum absolute atomic E-state index is 0.0961. The van der Waals surface area contributed by atoms with Crippen LogP contribution in [0.1, 0.15) is 27.2 Å². The first-order valence-corrected chi connectivity index (χ1v) is 6.88. The van der Waals surface area contributed by atoms with E-state index in [1.165, 1.54) is 6.42 Å². The van der Waals surface area contributed by atoms with E-state index in [9.17, 15) is 0 Å². The van der Waals surface area contributed by atoms with E-state index < -0.39 is 0 Å². The lowest BCUT2D eigenvalue weighted by atomic mass is 10.1. The Morgan fingerprint density at radius 3 is 2.50 bits per heavy atom. The van der Waals surface area contributed by atoms with Gasteiger partial charge in [0.05, 0.1) is 18.8 Å². The third kappa shape index (κ3) is 3.59. The van der Waals surface area contributed by atoms with Crippen LogP contribution >= 0.6 is 0 Å². The summed E-state index contributed by atoms with van der Waals surface area (Å²) in [6, 6.07) is 0.614. The molecule has 5 heteroatoms. The van der Waals surface area contributed by atoms with Crippen molar-refractivity contribution in [1.82, 2.24) is 9.80 Å². The minimum Gasteiger partial charge on any atom is -0.379 e. The topological polar surface area (TPSA) is 54.1 Å². The van der Waals surface area contributed by atoms with Gasteiger partial charge in [0.1, 0.15) is 0 Å². The minimum atomic E-state index is -0.0961. The molecule has 2 N–H and O–H groups in total. The number of morpholine rings is 1. The Balaban J connectivity index is 1.89. The molecule has 2 rings (SSSR count). The van der Waals surface area contributed by atoms with Crippen LogP contribution in [0.15, 0.2) is 4.99 Å². The Hall–Kier alpha value is -0.810. The first-order chi connectivity index (χ1) is 8.46. The van der Waals surface area contributed by atoms with Crippen molar-refractivity contribution < 1.29 is 4.74 Å². The molecule has 0 aromatic heterocycles. The molecule has 0 saturated carbocycles. The second-order valence-corrected chi connectivity index (χ2v) is 6.18. The summed E-state index contributed by atoms with van der Waals surface area (Å²) in [7, 11) is 0.